The molecule has 0 heterocycles. The second-order valence-corrected chi connectivity index (χ2v) is 11.7. The Kier molecular flexibility index (Phi) is 11.0. The van der Waals surface area contributed by atoms with Gasteiger partial charge in [0.05, 0.1) is 0 Å². The van der Waals surface area contributed by atoms with Crippen LogP contribution in [0.4, 0.5) is 4.79 Å². The predicted octanol–water partition coefficient (Wildman–Crippen LogP) is 5.57. The summed E-state index contributed by atoms with van der Waals surface area (Å²) >= 11 is 0. The normalized spacial score (nSPS) is 14.9. The van der Waals surface area contributed by atoms with E-state index in [2.05, 4.69) is 17.6 Å². The fourth-order valence-corrected chi connectivity index (χ4v) is 4.75. The number of ether oxygens (including phenoxy) is 1. The highest BCUT2D eigenvalue weighted by Crippen LogP contribution is 2.34. The van der Waals surface area contributed by atoms with Crippen molar-refractivity contribution in [3.63, 3.8) is 0 Å². The van der Waals surface area contributed by atoms with Gasteiger partial charge in [0.1, 0.15) is 23.4 Å². The molecule has 0 spiro atoms. The molecule has 8 nitrogen and oxygen atoms in total. The minimum atomic E-state index is -0.971. The number of benzene rings is 2. The lowest BCUT2D eigenvalue weighted by Crippen LogP contribution is -2.58. The molecule has 1 saturated carbocycles. The van der Waals surface area contributed by atoms with Gasteiger partial charge in [0.25, 0.3) is 0 Å². The van der Waals surface area contributed by atoms with Crippen molar-refractivity contribution in [2.24, 2.45) is 0 Å². The molecule has 3 rings (SSSR count). The van der Waals surface area contributed by atoms with Gasteiger partial charge < -0.3 is 25.4 Å². The number of aromatic hydroxyl groups is 1. The SMILES string of the molecule is CCCCCNC(=O)C(c1ccc(C)cc1)N(C(=O)C(Cc1ccc(O)cc1)NC(=O)OC(C)(C)C)C1CCC1. The molecule has 40 heavy (non-hydrogen) atoms. The Morgan fingerprint density at radius 1 is 1.02 bits per heavy atom. The van der Waals surface area contributed by atoms with Crippen LogP contribution in [0.3, 0.4) is 0 Å². The highest BCUT2D eigenvalue weighted by atomic mass is 16.6. The summed E-state index contributed by atoms with van der Waals surface area (Å²) in [5, 5.41) is 15.6. The van der Waals surface area contributed by atoms with Crippen molar-refractivity contribution in [1.82, 2.24) is 15.5 Å². The second kappa shape index (κ2) is 14.2. The number of rotatable bonds is 12. The number of aryl methyl sites for hydroxylation is 1. The number of phenols is 1. The Balaban J connectivity index is 1.99. The zero-order chi connectivity index (χ0) is 29.3. The molecule has 0 aromatic heterocycles. The molecule has 1 fully saturated rings. The van der Waals surface area contributed by atoms with E-state index in [9.17, 15) is 19.5 Å². The van der Waals surface area contributed by atoms with Gasteiger partial charge in [-0.2, -0.15) is 0 Å². The third-order valence-electron chi connectivity index (χ3n) is 7.09. The number of nitrogens with one attached hydrogen (secondary N) is 2. The van der Waals surface area contributed by atoms with Gasteiger partial charge in [-0.05, 0) is 76.6 Å². The number of alkyl carbamates (subject to hydrolysis) is 1. The fraction of sp³-hybridized carbons (Fsp3) is 0.531. The Hall–Kier alpha value is -3.55. The second-order valence-electron chi connectivity index (χ2n) is 11.7. The predicted molar refractivity (Wildman–Crippen MR) is 156 cm³/mol. The molecule has 2 aromatic rings. The molecular weight excluding hydrogens is 506 g/mol. The van der Waals surface area contributed by atoms with Gasteiger partial charge in [-0.1, -0.05) is 61.7 Å². The first-order chi connectivity index (χ1) is 19.0. The summed E-state index contributed by atoms with van der Waals surface area (Å²) in [4.78, 5) is 42.8. The van der Waals surface area contributed by atoms with Gasteiger partial charge in [0.15, 0.2) is 0 Å². The summed E-state index contributed by atoms with van der Waals surface area (Å²) in [5.74, 6) is -0.444. The summed E-state index contributed by atoms with van der Waals surface area (Å²) < 4.78 is 5.50. The molecule has 218 valence electrons. The van der Waals surface area contributed by atoms with E-state index in [1.165, 1.54) is 0 Å². The van der Waals surface area contributed by atoms with Crippen LogP contribution in [0.5, 0.6) is 5.75 Å². The van der Waals surface area contributed by atoms with Gasteiger partial charge >= 0.3 is 6.09 Å². The van der Waals surface area contributed by atoms with Crippen LogP contribution in [0, 0.1) is 6.92 Å². The standard InChI is InChI=1S/C32H45N3O5/c1-6-7-8-20-33-29(37)28(24-16-12-22(2)13-17-24)35(25-10-9-11-25)30(38)27(34-31(39)40-32(3,4)5)21-23-14-18-26(36)19-15-23/h12-19,25,27-28,36H,6-11,20-21H2,1-5H3,(H,33,37)(H,34,39). The lowest BCUT2D eigenvalue weighted by atomic mass is 9.87. The lowest BCUT2D eigenvalue weighted by Gasteiger charge is -2.43. The van der Waals surface area contributed by atoms with Gasteiger partial charge in [0.2, 0.25) is 11.8 Å². The highest BCUT2D eigenvalue weighted by Gasteiger charge is 2.42. The molecule has 2 unspecified atom stereocenters. The van der Waals surface area contributed by atoms with Crippen molar-refractivity contribution in [2.45, 2.75) is 103 Å². The van der Waals surface area contributed by atoms with E-state index >= 15 is 0 Å². The van der Waals surface area contributed by atoms with Gasteiger partial charge in [-0.3, -0.25) is 9.59 Å². The molecule has 8 heteroatoms. The maximum Gasteiger partial charge on any atom is 0.408 e. The van der Waals surface area contributed by atoms with Gasteiger partial charge in [-0.15, -0.1) is 0 Å². The molecule has 3 N–H and O–H groups in total. The fourth-order valence-electron chi connectivity index (χ4n) is 4.75. The molecule has 1 aliphatic carbocycles. The average Bonchev–Trinajstić information content (AvgIpc) is 2.85. The van der Waals surface area contributed by atoms with Crippen LogP contribution in [0.1, 0.15) is 89.0 Å². The van der Waals surface area contributed by atoms with Crippen molar-refractivity contribution in [3.8, 4) is 5.75 Å². The minimum absolute atomic E-state index is 0.113. The first kappa shape index (κ1) is 31.0. The first-order valence-electron chi connectivity index (χ1n) is 14.4. The van der Waals surface area contributed by atoms with E-state index in [0.717, 1.165) is 55.2 Å². The number of hydrogen-bond acceptors (Lipinski definition) is 5. The van der Waals surface area contributed by atoms with Crippen LogP contribution in [0.15, 0.2) is 48.5 Å². The molecule has 1 aliphatic rings. The quantitative estimate of drug-likeness (QED) is 0.299. The van der Waals surface area contributed by atoms with E-state index in [1.807, 2.05) is 31.2 Å². The maximum atomic E-state index is 14.4. The van der Waals surface area contributed by atoms with Gasteiger partial charge in [0, 0.05) is 19.0 Å². The summed E-state index contributed by atoms with van der Waals surface area (Å²) in [6.07, 6.45) is 4.94. The molecule has 2 atom stereocenters. The van der Waals surface area contributed by atoms with Crippen LogP contribution in [-0.4, -0.2) is 52.1 Å². The number of hydrogen-bond donors (Lipinski definition) is 3. The number of unbranched alkanes of at least 4 members (excludes halogenated alkanes) is 2. The molecule has 3 amide bonds. The van der Waals surface area contributed by atoms with E-state index < -0.39 is 23.8 Å². The van der Waals surface area contributed by atoms with Crippen molar-refractivity contribution in [1.29, 1.82) is 0 Å². The molecule has 0 saturated heterocycles. The zero-order valence-electron chi connectivity index (χ0n) is 24.5. The van der Waals surface area contributed by atoms with E-state index in [4.69, 9.17) is 4.74 Å². The third kappa shape index (κ3) is 9.00. The summed E-state index contributed by atoms with van der Waals surface area (Å²) in [7, 11) is 0. The van der Waals surface area contributed by atoms with Crippen LogP contribution in [0.25, 0.3) is 0 Å². The van der Waals surface area contributed by atoms with Crippen molar-refractivity contribution in [3.05, 3.63) is 65.2 Å². The van der Waals surface area contributed by atoms with Crippen LogP contribution >= 0.6 is 0 Å². The number of carbonyl (C=O) groups is 3. The van der Waals surface area contributed by atoms with Crippen LogP contribution in [-0.2, 0) is 20.7 Å². The first-order valence-corrected chi connectivity index (χ1v) is 14.4. The maximum absolute atomic E-state index is 14.4. The van der Waals surface area contributed by atoms with Crippen LogP contribution < -0.4 is 10.6 Å². The zero-order valence-corrected chi connectivity index (χ0v) is 24.5. The lowest BCUT2D eigenvalue weighted by molar-refractivity contribution is -0.147. The Bertz CT molecular complexity index is 1120. The summed E-state index contributed by atoms with van der Waals surface area (Å²) in [5.41, 5.74) is 1.81. The molecular formula is C32H45N3O5. The topological polar surface area (TPSA) is 108 Å². The van der Waals surface area contributed by atoms with Gasteiger partial charge in [-0.25, -0.2) is 4.79 Å². The monoisotopic (exact) mass is 551 g/mol. The highest BCUT2D eigenvalue weighted by molar-refractivity contribution is 5.92. The van der Waals surface area contributed by atoms with Crippen molar-refractivity contribution in [2.75, 3.05) is 6.54 Å². The largest absolute Gasteiger partial charge is 0.508 e. The number of carbonyl (C=O) groups excluding carboxylic acids is 3. The Morgan fingerprint density at radius 3 is 2.23 bits per heavy atom. The Labute approximate surface area is 238 Å². The molecule has 0 radical (unpaired) electrons. The number of nitrogens with zero attached hydrogens (tertiary/aromatic N) is 1. The van der Waals surface area contributed by atoms with E-state index in [1.54, 1.807) is 49.9 Å². The van der Waals surface area contributed by atoms with E-state index in [-0.39, 0.29) is 30.0 Å². The minimum Gasteiger partial charge on any atom is -0.508 e. The van der Waals surface area contributed by atoms with Crippen LogP contribution in [0.2, 0.25) is 0 Å². The van der Waals surface area contributed by atoms with Crippen molar-refractivity contribution < 1.29 is 24.2 Å². The summed E-state index contributed by atoms with van der Waals surface area (Å²) in [6, 6.07) is 12.3. The van der Waals surface area contributed by atoms with Crippen molar-refractivity contribution >= 4 is 17.9 Å². The third-order valence-corrected chi connectivity index (χ3v) is 7.09. The average molecular weight is 552 g/mol. The number of phenolic OH excluding ortho intramolecular Hbond substituents is 1. The molecule has 0 bridgehead atoms. The smallest absolute Gasteiger partial charge is 0.408 e. The summed E-state index contributed by atoms with van der Waals surface area (Å²) in [6.45, 7) is 9.92. The number of amides is 3. The van der Waals surface area contributed by atoms with E-state index in [0.29, 0.717) is 6.54 Å². The molecule has 0 aliphatic heterocycles. The Morgan fingerprint density at radius 2 is 1.68 bits per heavy atom. The molecule has 2 aromatic carbocycles.